The quantitative estimate of drug-likeness (QED) is 0.921. The van der Waals surface area contributed by atoms with Crippen LogP contribution in [0.25, 0.3) is 0 Å². The van der Waals surface area contributed by atoms with Gasteiger partial charge in [-0.25, -0.2) is 4.39 Å². The minimum Gasteiger partial charge on any atom is -0.317 e. The van der Waals surface area contributed by atoms with Crippen molar-refractivity contribution in [2.24, 2.45) is 0 Å². The zero-order chi connectivity index (χ0) is 12.3. The SMILES string of the molecule is CN(Cc1ccc(F)c(Cl)c1)C1CCNCC1.Cl. The third kappa shape index (κ3) is 4.09. The monoisotopic (exact) mass is 292 g/mol. The molecule has 0 unspecified atom stereocenters. The average molecular weight is 293 g/mol. The van der Waals surface area contributed by atoms with Crippen LogP contribution in [0.2, 0.25) is 5.02 Å². The van der Waals surface area contributed by atoms with E-state index in [4.69, 9.17) is 11.6 Å². The van der Waals surface area contributed by atoms with Crippen LogP contribution >= 0.6 is 24.0 Å². The first-order valence-electron chi connectivity index (χ1n) is 6.01. The second-order valence-corrected chi connectivity index (χ2v) is 5.05. The first-order chi connectivity index (χ1) is 8.16. The van der Waals surface area contributed by atoms with Crippen LogP contribution in [-0.4, -0.2) is 31.1 Å². The topological polar surface area (TPSA) is 15.3 Å². The second kappa shape index (κ2) is 7.29. The molecule has 1 N–H and O–H groups in total. The van der Waals surface area contributed by atoms with Crippen LogP contribution in [0, 0.1) is 5.82 Å². The Balaban J connectivity index is 0.00000162. The zero-order valence-electron chi connectivity index (χ0n) is 10.5. The highest BCUT2D eigenvalue weighted by Gasteiger charge is 2.17. The molecule has 1 aliphatic rings. The Bertz CT molecular complexity index is 381. The highest BCUT2D eigenvalue weighted by molar-refractivity contribution is 6.30. The molecule has 0 aliphatic carbocycles. The summed E-state index contributed by atoms with van der Waals surface area (Å²) in [7, 11) is 2.12. The summed E-state index contributed by atoms with van der Waals surface area (Å²) in [4.78, 5) is 2.32. The van der Waals surface area contributed by atoms with Gasteiger partial charge in [-0.15, -0.1) is 12.4 Å². The van der Waals surface area contributed by atoms with E-state index in [1.54, 1.807) is 12.1 Å². The van der Waals surface area contributed by atoms with Crippen molar-refractivity contribution in [3.63, 3.8) is 0 Å². The van der Waals surface area contributed by atoms with E-state index in [2.05, 4.69) is 17.3 Å². The van der Waals surface area contributed by atoms with E-state index < -0.39 is 0 Å². The molecule has 0 bridgehead atoms. The fourth-order valence-electron chi connectivity index (χ4n) is 2.30. The molecular formula is C13H19Cl2FN2. The summed E-state index contributed by atoms with van der Waals surface area (Å²) in [6.45, 7) is 2.99. The number of rotatable bonds is 3. The van der Waals surface area contributed by atoms with Gasteiger partial charge in [-0.2, -0.15) is 0 Å². The minimum absolute atomic E-state index is 0. The van der Waals surface area contributed by atoms with Crippen LogP contribution in [-0.2, 0) is 6.54 Å². The van der Waals surface area contributed by atoms with Crippen molar-refractivity contribution < 1.29 is 4.39 Å². The summed E-state index contributed by atoms with van der Waals surface area (Å²) in [6, 6.07) is 5.57. The summed E-state index contributed by atoms with van der Waals surface area (Å²) in [6.07, 6.45) is 2.34. The van der Waals surface area contributed by atoms with Crippen LogP contribution < -0.4 is 5.32 Å². The maximum Gasteiger partial charge on any atom is 0.141 e. The highest BCUT2D eigenvalue weighted by atomic mass is 35.5. The van der Waals surface area contributed by atoms with Crippen molar-refractivity contribution in [1.29, 1.82) is 0 Å². The molecule has 1 aliphatic heterocycles. The van der Waals surface area contributed by atoms with Gasteiger partial charge in [0.2, 0.25) is 0 Å². The molecule has 5 heteroatoms. The van der Waals surface area contributed by atoms with Crippen molar-refractivity contribution in [1.82, 2.24) is 10.2 Å². The van der Waals surface area contributed by atoms with Crippen molar-refractivity contribution in [3.8, 4) is 0 Å². The lowest BCUT2D eigenvalue weighted by Gasteiger charge is -2.31. The molecule has 0 saturated carbocycles. The largest absolute Gasteiger partial charge is 0.317 e. The Labute approximate surface area is 119 Å². The Kier molecular flexibility index (Phi) is 6.36. The zero-order valence-corrected chi connectivity index (χ0v) is 12.0. The van der Waals surface area contributed by atoms with Gasteiger partial charge in [0, 0.05) is 12.6 Å². The van der Waals surface area contributed by atoms with E-state index in [0.717, 1.165) is 25.2 Å². The van der Waals surface area contributed by atoms with Gasteiger partial charge in [0.1, 0.15) is 5.82 Å². The molecule has 0 aromatic heterocycles. The number of nitrogens with one attached hydrogen (secondary N) is 1. The number of nitrogens with zero attached hydrogens (tertiary/aromatic N) is 1. The maximum absolute atomic E-state index is 13.0. The van der Waals surface area contributed by atoms with Gasteiger partial charge < -0.3 is 5.32 Å². The first kappa shape index (κ1) is 15.7. The molecular weight excluding hydrogens is 274 g/mol. The molecule has 1 saturated heterocycles. The van der Waals surface area contributed by atoms with Crippen LogP contribution in [0.15, 0.2) is 18.2 Å². The molecule has 2 nitrogen and oxygen atoms in total. The normalized spacial score (nSPS) is 16.7. The Morgan fingerprint density at radius 3 is 2.67 bits per heavy atom. The van der Waals surface area contributed by atoms with Gasteiger partial charge in [0.25, 0.3) is 0 Å². The van der Waals surface area contributed by atoms with E-state index in [1.165, 1.54) is 18.9 Å². The van der Waals surface area contributed by atoms with Gasteiger partial charge in [-0.1, -0.05) is 17.7 Å². The van der Waals surface area contributed by atoms with Crippen LogP contribution in [0.4, 0.5) is 4.39 Å². The molecule has 1 aromatic rings. The van der Waals surface area contributed by atoms with E-state index in [1.807, 2.05) is 0 Å². The third-order valence-electron chi connectivity index (χ3n) is 3.35. The standard InChI is InChI=1S/C13H18ClFN2.ClH/c1-17(11-4-6-16-7-5-11)9-10-2-3-13(15)12(14)8-10;/h2-3,8,11,16H,4-7,9H2,1H3;1H. The predicted molar refractivity (Wildman–Crippen MR) is 76.0 cm³/mol. The van der Waals surface area contributed by atoms with Crippen molar-refractivity contribution in [2.45, 2.75) is 25.4 Å². The lowest BCUT2D eigenvalue weighted by molar-refractivity contribution is 0.192. The molecule has 0 spiro atoms. The number of hydrogen-bond acceptors (Lipinski definition) is 2. The van der Waals surface area contributed by atoms with Crippen LogP contribution in [0.5, 0.6) is 0 Å². The summed E-state index contributed by atoms with van der Waals surface area (Å²) >= 11 is 5.78. The molecule has 0 atom stereocenters. The Morgan fingerprint density at radius 1 is 1.39 bits per heavy atom. The fourth-order valence-corrected chi connectivity index (χ4v) is 2.51. The third-order valence-corrected chi connectivity index (χ3v) is 3.64. The van der Waals surface area contributed by atoms with E-state index >= 15 is 0 Å². The van der Waals surface area contributed by atoms with E-state index in [0.29, 0.717) is 6.04 Å². The molecule has 18 heavy (non-hydrogen) atoms. The van der Waals surface area contributed by atoms with Gasteiger partial charge in [0.05, 0.1) is 5.02 Å². The lowest BCUT2D eigenvalue weighted by Crippen LogP contribution is -2.40. The fraction of sp³-hybridized carbons (Fsp3) is 0.538. The molecule has 102 valence electrons. The molecule has 0 amide bonds. The first-order valence-corrected chi connectivity index (χ1v) is 6.39. The summed E-state index contributed by atoms with van der Waals surface area (Å²) in [5.41, 5.74) is 1.07. The highest BCUT2D eigenvalue weighted by Crippen LogP contribution is 2.19. The predicted octanol–water partition coefficient (Wildman–Crippen LogP) is 3.08. The molecule has 0 radical (unpaired) electrons. The van der Waals surface area contributed by atoms with Gasteiger partial charge in [0.15, 0.2) is 0 Å². The van der Waals surface area contributed by atoms with Gasteiger partial charge in [-0.05, 0) is 50.7 Å². The number of benzene rings is 1. The van der Waals surface area contributed by atoms with Crippen molar-refractivity contribution >= 4 is 24.0 Å². The Hall–Kier alpha value is -0.350. The van der Waals surface area contributed by atoms with Crippen LogP contribution in [0.3, 0.4) is 0 Å². The van der Waals surface area contributed by atoms with Gasteiger partial charge in [-0.3, -0.25) is 4.90 Å². The second-order valence-electron chi connectivity index (χ2n) is 4.64. The Morgan fingerprint density at radius 2 is 2.06 bits per heavy atom. The van der Waals surface area contributed by atoms with E-state index in [9.17, 15) is 4.39 Å². The number of halogens is 3. The molecule has 1 aromatic carbocycles. The summed E-state index contributed by atoms with van der Waals surface area (Å²) < 4.78 is 13.0. The summed E-state index contributed by atoms with van der Waals surface area (Å²) in [5, 5.41) is 3.56. The van der Waals surface area contributed by atoms with Crippen molar-refractivity contribution in [2.75, 3.05) is 20.1 Å². The minimum atomic E-state index is -0.347. The summed E-state index contributed by atoms with van der Waals surface area (Å²) in [5.74, 6) is -0.347. The number of hydrogen-bond donors (Lipinski definition) is 1. The van der Waals surface area contributed by atoms with E-state index in [-0.39, 0.29) is 23.2 Å². The smallest absolute Gasteiger partial charge is 0.141 e. The maximum atomic E-state index is 13.0. The lowest BCUT2D eigenvalue weighted by atomic mass is 10.0. The number of piperidine rings is 1. The molecule has 1 heterocycles. The molecule has 1 fully saturated rings. The average Bonchev–Trinajstić information content (AvgIpc) is 2.35. The van der Waals surface area contributed by atoms with Crippen LogP contribution in [0.1, 0.15) is 18.4 Å². The molecule has 2 rings (SSSR count). The van der Waals surface area contributed by atoms with Crippen molar-refractivity contribution in [3.05, 3.63) is 34.6 Å². The van der Waals surface area contributed by atoms with Gasteiger partial charge >= 0.3 is 0 Å².